The Bertz CT molecular complexity index is 850. The van der Waals surface area contributed by atoms with E-state index in [9.17, 15) is 13.6 Å². The molecule has 2 rings (SSSR count). The second kappa shape index (κ2) is 12.0. The quantitative estimate of drug-likeness (QED) is 0.463. The predicted molar refractivity (Wildman–Crippen MR) is 114 cm³/mol. The lowest BCUT2D eigenvalue weighted by Gasteiger charge is -2.18. The number of aliphatic imine (C=N–C) groups is 1. The van der Waals surface area contributed by atoms with Crippen molar-refractivity contribution >= 4 is 23.5 Å². The monoisotopic (exact) mass is 438 g/mol. The van der Waals surface area contributed by atoms with Crippen molar-refractivity contribution in [2.45, 2.75) is 26.1 Å². The highest BCUT2D eigenvalue weighted by molar-refractivity contribution is 6.30. The summed E-state index contributed by atoms with van der Waals surface area (Å²) in [6.07, 6.45) is 0.279. The van der Waals surface area contributed by atoms with Gasteiger partial charge in [0.1, 0.15) is 5.75 Å². The first-order valence-corrected chi connectivity index (χ1v) is 9.72. The fourth-order valence-corrected chi connectivity index (χ4v) is 2.92. The van der Waals surface area contributed by atoms with E-state index in [1.165, 1.54) is 12.1 Å². The summed E-state index contributed by atoms with van der Waals surface area (Å²) in [5.74, 6) is 0.454. The summed E-state index contributed by atoms with van der Waals surface area (Å²) in [6.45, 7) is -1.85. The molecule has 0 unspecified atom stereocenters. The summed E-state index contributed by atoms with van der Waals surface area (Å²) in [4.78, 5) is 18.0. The van der Waals surface area contributed by atoms with E-state index in [-0.39, 0.29) is 24.6 Å². The van der Waals surface area contributed by atoms with Gasteiger partial charge in [0.2, 0.25) is 5.91 Å². The number of carbonyl (C=O) groups is 1. The molecule has 0 spiro atoms. The fraction of sp³-hybridized carbons (Fsp3) is 0.333. The molecule has 0 aliphatic carbocycles. The number of ether oxygens (including phenoxy) is 1. The van der Waals surface area contributed by atoms with Crippen LogP contribution in [0, 0.1) is 0 Å². The van der Waals surface area contributed by atoms with Gasteiger partial charge in [0.05, 0.1) is 0 Å². The molecule has 0 saturated carbocycles. The number of benzene rings is 2. The molecule has 1 amide bonds. The lowest BCUT2D eigenvalue weighted by Crippen LogP contribution is -2.39. The second-order valence-corrected chi connectivity index (χ2v) is 6.90. The predicted octanol–water partition coefficient (Wildman–Crippen LogP) is 3.66. The average Bonchev–Trinajstić information content (AvgIpc) is 2.72. The van der Waals surface area contributed by atoms with Crippen LogP contribution in [0.4, 0.5) is 8.78 Å². The van der Waals surface area contributed by atoms with E-state index in [2.05, 4.69) is 20.4 Å². The van der Waals surface area contributed by atoms with Crippen LogP contribution in [0.2, 0.25) is 5.02 Å². The molecule has 9 heteroatoms. The largest absolute Gasteiger partial charge is 0.434 e. The number of alkyl halides is 2. The van der Waals surface area contributed by atoms with Crippen LogP contribution in [0.1, 0.15) is 17.5 Å². The molecule has 2 aromatic carbocycles. The molecule has 6 nitrogen and oxygen atoms in total. The number of hydrogen-bond donors (Lipinski definition) is 2. The Morgan fingerprint density at radius 3 is 2.60 bits per heavy atom. The van der Waals surface area contributed by atoms with E-state index in [4.69, 9.17) is 11.6 Å². The van der Waals surface area contributed by atoms with Gasteiger partial charge < -0.3 is 20.3 Å². The van der Waals surface area contributed by atoms with Crippen LogP contribution in [-0.4, -0.2) is 44.0 Å². The van der Waals surface area contributed by atoms with Gasteiger partial charge in [-0.05, 0) is 23.8 Å². The zero-order chi connectivity index (χ0) is 21.9. The molecule has 2 aromatic rings. The van der Waals surface area contributed by atoms with Crippen LogP contribution in [0.25, 0.3) is 0 Å². The van der Waals surface area contributed by atoms with Crippen molar-refractivity contribution in [3.63, 3.8) is 0 Å². The summed E-state index contributed by atoms with van der Waals surface area (Å²) < 4.78 is 29.6. The molecule has 0 heterocycles. The van der Waals surface area contributed by atoms with Crippen molar-refractivity contribution < 1.29 is 18.3 Å². The summed E-state index contributed by atoms with van der Waals surface area (Å²) in [6, 6.07) is 14.1. The first-order chi connectivity index (χ1) is 14.4. The molecule has 0 saturated heterocycles. The Morgan fingerprint density at radius 1 is 1.20 bits per heavy atom. The number of nitrogens with zero attached hydrogens (tertiary/aromatic N) is 2. The Hall–Kier alpha value is -2.87. The molecule has 0 radical (unpaired) electrons. The van der Waals surface area contributed by atoms with Gasteiger partial charge in [-0.2, -0.15) is 8.78 Å². The average molecular weight is 439 g/mol. The van der Waals surface area contributed by atoms with Crippen LogP contribution < -0.4 is 15.4 Å². The van der Waals surface area contributed by atoms with Gasteiger partial charge in [-0.15, -0.1) is 0 Å². The number of halogens is 3. The Labute approximate surface area is 179 Å². The van der Waals surface area contributed by atoms with Crippen LogP contribution in [0.15, 0.2) is 53.5 Å². The van der Waals surface area contributed by atoms with Crippen LogP contribution in [0.5, 0.6) is 5.75 Å². The van der Waals surface area contributed by atoms with E-state index in [1.807, 2.05) is 30.3 Å². The lowest BCUT2D eigenvalue weighted by atomic mass is 10.2. The third kappa shape index (κ3) is 7.87. The van der Waals surface area contributed by atoms with E-state index < -0.39 is 6.61 Å². The highest BCUT2D eigenvalue weighted by Gasteiger charge is 2.12. The molecule has 0 aliphatic heterocycles. The molecule has 0 aliphatic rings. The molecule has 0 fully saturated rings. The molecule has 2 N–H and O–H groups in total. The van der Waals surface area contributed by atoms with Gasteiger partial charge in [0, 0.05) is 50.7 Å². The highest BCUT2D eigenvalue weighted by atomic mass is 35.5. The van der Waals surface area contributed by atoms with Gasteiger partial charge in [-0.25, -0.2) is 0 Å². The van der Waals surface area contributed by atoms with Crippen molar-refractivity contribution in [1.82, 2.24) is 15.5 Å². The van der Waals surface area contributed by atoms with Gasteiger partial charge >= 0.3 is 6.61 Å². The van der Waals surface area contributed by atoms with Crippen molar-refractivity contribution in [2.75, 3.05) is 20.6 Å². The van der Waals surface area contributed by atoms with Crippen LogP contribution in [0.3, 0.4) is 0 Å². The minimum atomic E-state index is -2.93. The molecule has 162 valence electrons. The summed E-state index contributed by atoms with van der Waals surface area (Å²) >= 11 is 5.95. The topological polar surface area (TPSA) is 66.0 Å². The first-order valence-electron chi connectivity index (χ1n) is 9.34. The summed E-state index contributed by atoms with van der Waals surface area (Å²) in [5.41, 5.74) is 1.52. The number of guanidine groups is 1. The maximum Gasteiger partial charge on any atom is 0.387 e. The molecule has 0 aromatic heterocycles. The smallest absolute Gasteiger partial charge is 0.387 e. The molecule has 0 bridgehead atoms. The number of carbonyl (C=O) groups excluding carboxylic acids is 1. The minimum absolute atomic E-state index is 0.00994. The number of hydrogen-bond acceptors (Lipinski definition) is 3. The number of nitrogens with one attached hydrogen (secondary N) is 2. The molecule has 0 atom stereocenters. The van der Waals surface area contributed by atoms with Crippen molar-refractivity contribution in [2.24, 2.45) is 4.99 Å². The first kappa shape index (κ1) is 23.4. The maximum absolute atomic E-state index is 12.6. The van der Waals surface area contributed by atoms with E-state index in [0.29, 0.717) is 29.6 Å². The van der Waals surface area contributed by atoms with Gasteiger partial charge in [-0.1, -0.05) is 41.9 Å². The van der Waals surface area contributed by atoms with Gasteiger partial charge in [0.25, 0.3) is 0 Å². The number of rotatable bonds is 9. The minimum Gasteiger partial charge on any atom is -0.434 e. The molecule has 30 heavy (non-hydrogen) atoms. The van der Waals surface area contributed by atoms with Crippen LogP contribution in [-0.2, 0) is 17.9 Å². The SMILES string of the molecule is CN=C(NCCC(=O)N(C)Cc1ccccc1)NCc1cc(Cl)ccc1OC(F)F. The van der Waals surface area contributed by atoms with E-state index in [1.54, 1.807) is 25.1 Å². The highest BCUT2D eigenvalue weighted by Crippen LogP contribution is 2.24. The molecular weight excluding hydrogens is 414 g/mol. The normalized spacial score (nSPS) is 11.3. The van der Waals surface area contributed by atoms with Gasteiger partial charge in [0.15, 0.2) is 5.96 Å². The maximum atomic E-state index is 12.6. The lowest BCUT2D eigenvalue weighted by molar-refractivity contribution is -0.130. The molecular formula is C21H25ClF2N4O2. The zero-order valence-corrected chi connectivity index (χ0v) is 17.6. The van der Waals surface area contributed by atoms with Crippen molar-refractivity contribution in [3.8, 4) is 5.75 Å². The third-order valence-electron chi connectivity index (χ3n) is 4.23. The Balaban J connectivity index is 1.81. The fourth-order valence-electron chi connectivity index (χ4n) is 2.72. The zero-order valence-electron chi connectivity index (χ0n) is 16.9. The van der Waals surface area contributed by atoms with E-state index >= 15 is 0 Å². The summed E-state index contributed by atoms with van der Waals surface area (Å²) in [5, 5.41) is 6.44. The van der Waals surface area contributed by atoms with Crippen molar-refractivity contribution in [3.05, 3.63) is 64.7 Å². The Morgan fingerprint density at radius 2 is 1.93 bits per heavy atom. The third-order valence-corrected chi connectivity index (χ3v) is 4.46. The second-order valence-electron chi connectivity index (χ2n) is 6.47. The Kier molecular flexibility index (Phi) is 9.34. The van der Waals surface area contributed by atoms with Gasteiger partial charge in [-0.3, -0.25) is 9.79 Å². The standard InChI is InChI=1S/C21H25ClF2N4O2/c1-25-21(27-13-16-12-17(22)8-9-18(16)30-20(23)24)26-11-10-19(29)28(2)14-15-6-4-3-5-7-15/h3-9,12,20H,10-11,13-14H2,1-2H3,(H2,25,26,27). The van der Waals surface area contributed by atoms with Crippen LogP contribution >= 0.6 is 11.6 Å². The van der Waals surface area contributed by atoms with Crippen molar-refractivity contribution in [1.29, 1.82) is 0 Å². The summed E-state index contributed by atoms with van der Waals surface area (Å²) in [7, 11) is 3.33. The van der Waals surface area contributed by atoms with E-state index in [0.717, 1.165) is 5.56 Å². The number of amides is 1.